The average Bonchev–Trinajstić information content (AvgIpc) is 2.39. The number of unbranched alkanes of at least 4 members (excludes halogenated alkanes) is 4. The van der Waals surface area contributed by atoms with Crippen molar-refractivity contribution >= 4 is 23.1 Å². The molecule has 0 saturated heterocycles. The van der Waals surface area contributed by atoms with Crippen molar-refractivity contribution in [2.75, 3.05) is 26.2 Å². The molecule has 0 saturated carbocycles. The maximum absolute atomic E-state index is 4.35. The third-order valence-corrected chi connectivity index (χ3v) is 2.68. The van der Waals surface area contributed by atoms with E-state index >= 15 is 0 Å². The molecule has 0 fully saturated rings. The van der Waals surface area contributed by atoms with E-state index in [9.17, 15) is 0 Å². The molecule has 0 aromatic carbocycles. The van der Waals surface area contributed by atoms with E-state index in [1.54, 1.807) is 0 Å². The van der Waals surface area contributed by atoms with E-state index in [-0.39, 0.29) is 23.1 Å². The molecule has 0 bridgehead atoms. The number of rotatable bonds is 12. The van der Waals surface area contributed by atoms with Crippen LogP contribution in [0.2, 0.25) is 0 Å². The Hall–Kier alpha value is 0.686. The summed E-state index contributed by atoms with van der Waals surface area (Å²) in [7, 11) is 0. The Labute approximate surface area is 139 Å². The summed E-state index contributed by atoms with van der Waals surface area (Å²) in [6, 6.07) is 0. The molecule has 2 nitrogen and oxygen atoms in total. The number of hydrogen-bond acceptors (Lipinski definition) is 0. The first-order valence-corrected chi connectivity index (χ1v) is 8.09. The van der Waals surface area contributed by atoms with Crippen molar-refractivity contribution in [1.29, 1.82) is 0 Å². The van der Waals surface area contributed by atoms with Gasteiger partial charge in [-0.1, -0.05) is 79.1 Å². The molecular weight excluding hydrogens is 244 g/mol. The molecule has 0 aliphatic heterocycles. The van der Waals surface area contributed by atoms with Crippen molar-refractivity contribution < 1.29 is 0 Å². The zero-order chi connectivity index (χ0) is 13.9. The summed E-state index contributed by atoms with van der Waals surface area (Å²) in [5.41, 5.74) is 0. The molecule has 0 N–H and O–H groups in total. The fourth-order valence-corrected chi connectivity index (χ4v) is 1.30. The van der Waals surface area contributed by atoms with Crippen LogP contribution in [0.1, 0.15) is 79.1 Å². The van der Waals surface area contributed by atoms with E-state index in [1.807, 2.05) is 0 Å². The summed E-state index contributed by atoms with van der Waals surface area (Å²) in [4.78, 5) is 0. The van der Waals surface area contributed by atoms with Gasteiger partial charge in [0.1, 0.15) is 0 Å². The van der Waals surface area contributed by atoms with Gasteiger partial charge in [-0.25, -0.2) is 0 Å². The first-order valence-electron chi connectivity index (χ1n) is 8.09. The Bertz CT molecular complexity index is 95.3. The van der Waals surface area contributed by atoms with Gasteiger partial charge >= 0.3 is 23.1 Å². The molecule has 0 atom stereocenters. The first kappa shape index (κ1) is 24.7. The molecule has 0 unspecified atom stereocenters. The molecule has 3 heteroatoms. The first-order chi connectivity index (χ1) is 8.83. The largest absolute Gasteiger partial charge is 2.00 e. The fourth-order valence-electron chi connectivity index (χ4n) is 1.30. The number of hydrogen-bond donors (Lipinski definition) is 0. The molecule has 112 valence electrons. The van der Waals surface area contributed by atoms with Gasteiger partial charge in [-0.3, -0.25) is 0 Å². The molecule has 0 rings (SSSR count). The molecule has 0 heterocycles. The minimum Gasteiger partial charge on any atom is -0.662 e. The Morgan fingerprint density at radius 3 is 0.842 bits per heavy atom. The van der Waals surface area contributed by atoms with Crippen molar-refractivity contribution in [3.8, 4) is 0 Å². The van der Waals surface area contributed by atoms with Crippen LogP contribution >= 0.6 is 0 Å². The van der Waals surface area contributed by atoms with E-state index in [0.29, 0.717) is 0 Å². The van der Waals surface area contributed by atoms with E-state index in [4.69, 9.17) is 0 Å². The van der Waals surface area contributed by atoms with Gasteiger partial charge in [-0.05, 0) is 0 Å². The second-order valence-electron chi connectivity index (χ2n) is 4.76. The van der Waals surface area contributed by atoms with Crippen LogP contribution in [0.5, 0.6) is 0 Å². The van der Waals surface area contributed by atoms with E-state index in [2.05, 4.69) is 38.3 Å². The zero-order valence-corrected chi connectivity index (χ0v) is 15.5. The summed E-state index contributed by atoms with van der Waals surface area (Å²) in [5, 5.41) is 8.70. The van der Waals surface area contributed by atoms with Crippen molar-refractivity contribution in [2.45, 2.75) is 79.1 Å². The minimum absolute atomic E-state index is 0. The van der Waals surface area contributed by atoms with Gasteiger partial charge in [0.25, 0.3) is 0 Å². The second-order valence-corrected chi connectivity index (χ2v) is 4.76. The Balaban J connectivity index is -0.000000256. The molecule has 0 aromatic heterocycles. The average molecular weight is 281 g/mol. The quantitative estimate of drug-likeness (QED) is 0.332. The summed E-state index contributed by atoms with van der Waals surface area (Å²) >= 11 is 0. The molecule has 19 heavy (non-hydrogen) atoms. The van der Waals surface area contributed by atoms with Crippen molar-refractivity contribution in [2.24, 2.45) is 0 Å². The summed E-state index contributed by atoms with van der Waals surface area (Å²) in [6.45, 7) is 13.1. The van der Waals surface area contributed by atoms with Crippen LogP contribution in [-0.4, -0.2) is 49.2 Å². The third-order valence-electron chi connectivity index (χ3n) is 2.68. The van der Waals surface area contributed by atoms with Crippen LogP contribution in [0.4, 0.5) is 0 Å². The minimum atomic E-state index is 0. The van der Waals surface area contributed by atoms with Gasteiger partial charge < -0.3 is 10.6 Å². The topological polar surface area (TPSA) is 28.2 Å². The third kappa shape index (κ3) is 32.3. The maximum Gasteiger partial charge on any atom is 2.00 e. The standard InChI is InChI=1S/2C8H18N.Mg/c2*1-3-5-7-9-8-6-4-2;/h2*3-8H2,1-2H3;/q2*-1;+2. The molecule has 0 aliphatic rings. The van der Waals surface area contributed by atoms with Gasteiger partial charge in [0.2, 0.25) is 0 Å². The van der Waals surface area contributed by atoms with Crippen molar-refractivity contribution in [3.63, 3.8) is 0 Å². The van der Waals surface area contributed by atoms with E-state index in [1.165, 1.54) is 51.4 Å². The van der Waals surface area contributed by atoms with Crippen molar-refractivity contribution in [3.05, 3.63) is 10.6 Å². The Morgan fingerprint density at radius 2 is 0.684 bits per heavy atom. The molecule has 0 radical (unpaired) electrons. The Morgan fingerprint density at radius 1 is 0.474 bits per heavy atom. The van der Waals surface area contributed by atoms with Crippen LogP contribution in [0.25, 0.3) is 10.6 Å². The predicted octanol–water partition coefficient (Wildman–Crippen LogP) is 5.54. The van der Waals surface area contributed by atoms with Gasteiger partial charge in [-0.15, -0.1) is 26.2 Å². The van der Waals surface area contributed by atoms with Crippen LogP contribution in [0.15, 0.2) is 0 Å². The Kier molecular flexibility index (Phi) is 35.2. The normalized spacial score (nSPS) is 9.47. The van der Waals surface area contributed by atoms with Crippen LogP contribution < -0.4 is 0 Å². The van der Waals surface area contributed by atoms with Gasteiger partial charge in [0.05, 0.1) is 0 Å². The summed E-state index contributed by atoms with van der Waals surface area (Å²) in [5.74, 6) is 0. The van der Waals surface area contributed by atoms with Crippen LogP contribution in [0.3, 0.4) is 0 Å². The number of nitrogens with zero attached hydrogens (tertiary/aromatic N) is 2. The van der Waals surface area contributed by atoms with E-state index < -0.39 is 0 Å². The SMILES string of the molecule is CCCC[N-]CCCC.CCCC[N-]CCCC.[Mg+2]. The summed E-state index contributed by atoms with van der Waals surface area (Å²) in [6.07, 6.45) is 10.2. The van der Waals surface area contributed by atoms with Crippen LogP contribution in [-0.2, 0) is 0 Å². The monoisotopic (exact) mass is 280 g/mol. The van der Waals surface area contributed by atoms with Gasteiger partial charge in [0.15, 0.2) is 0 Å². The maximum atomic E-state index is 4.35. The fraction of sp³-hybridized carbons (Fsp3) is 1.00. The molecular formula is C16H36MgN2. The predicted molar refractivity (Wildman–Crippen MR) is 91.6 cm³/mol. The molecule has 0 aliphatic carbocycles. The zero-order valence-electron chi connectivity index (χ0n) is 14.1. The van der Waals surface area contributed by atoms with Crippen molar-refractivity contribution in [1.82, 2.24) is 0 Å². The van der Waals surface area contributed by atoms with Crippen LogP contribution in [0, 0.1) is 0 Å². The molecule has 0 aromatic rings. The summed E-state index contributed by atoms with van der Waals surface area (Å²) < 4.78 is 0. The van der Waals surface area contributed by atoms with E-state index in [0.717, 1.165) is 26.2 Å². The molecule has 0 amide bonds. The second kappa shape index (κ2) is 27.1. The smallest absolute Gasteiger partial charge is 0.662 e. The molecule has 0 spiro atoms. The van der Waals surface area contributed by atoms with Gasteiger partial charge in [0, 0.05) is 0 Å². The van der Waals surface area contributed by atoms with Gasteiger partial charge in [-0.2, -0.15) is 0 Å².